The van der Waals surface area contributed by atoms with Crippen LogP contribution in [0, 0.1) is 0 Å². The number of likely N-dealkylation sites (N-methyl/N-ethyl adjacent to an activating group) is 1. The summed E-state index contributed by atoms with van der Waals surface area (Å²) in [6, 6.07) is 7.26. The Bertz CT molecular complexity index is 421. The zero-order valence-electron chi connectivity index (χ0n) is 10.5. The standard InChI is InChI=1S/C13H18ClN3O/c1-16-8-9-17(13(18)12(16)6-7-15)11-4-2-10(14)3-5-11/h2-5,12H,6-9,15H2,1H3. The Morgan fingerprint density at radius 2 is 2.00 bits per heavy atom. The molecule has 0 radical (unpaired) electrons. The lowest BCUT2D eigenvalue weighted by atomic mass is 10.1. The molecular formula is C13H18ClN3O. The Morgan fingerprint density at radius 3 is 2.61 bits per heavy atom. The van der Waals surface area contributed by atoms with Crippen LogP contribution < -0.4 is 10.6 Å². The van der Waals surface area contributed by atoms with Crippen LogP contribution in [0.2, 0.25) is 5.02 Å². The van der Waals surface area contributed by atoms with Gasteiger partial charge in [0, 0.05) is 23.8 Å². The predicted octanol–water partition coefficient (Wildman–Crippen LogP) is 1.34. The van der Waals surface area contributed by atoms with Crippen LogP contribution in [0.4, 0.5) is 5.69 Å². The van der Waals surface area contributed by atoms with Crippen molar-refractivity contribution in [3.63, 3.8) is 0 Å². The summed E-state index contributed by atoms with van der Waals surface area (Å²) in [7, 11) is 1.97. The van der Waals surface area contributed by atoms with Gasteiger partial charge in [-0.2, -0.15) is 0 Å². The normalized spacial score (nSPS) is 21.4. The van der Waals surface area contributed by atoms with Gasteiger partial charge in [0.15, 0.2) is 0 Å². The molecule has 0 spiro atoms. The molecule has 98 valence electrons. The van der Waals surface area contributed by atoms with Crippen molar-refractivity contribution in [3.05, 3.63) is 29.3 Å². The van der Waals surface area contributed by atoms with Gasteiger partial charge in [0.25, 0.3) is 0 Å². The van der Waals surface area contributed by atoms with Crippen LogP contribution in [0.1, 0.15) is 6.42 Å². The fourth-order valence-electron chi connectivity index (χ4n) is 2.27. The van der Waals surface area contributed by atoms with Crippen LogP contribution in [0.5, 0.6) is 0 Å². The number of amides is 1. The molecule has 1 saturated heterocycles. The van der Waals surface area contributed by atoms with Crippen LogP contribution >= 0.6 is 11.6 Å². The van der Waals surface area contributed by atoms with Crippen molar-refractivity contribution in [2.45, 2.75) is 12.5 Å². The highest BCUT2D eigenvalue weighted by molar-refractivity contribution is 6.30. The summed E-state index contributed by atoms with van der Waals surface area (Å²) in [6.07, 6.45) is 0.694. The lowest BCUT2D eigenvalue weighted by Gasteiger charge is -2.38. The van der Waals surface area contributed by atoms with E-state index >= 15 is 0 Å². The second-order valence-electron chi connectivity index (χ2n) is 4.54. The molecule has 1 fully saturated rings. The molecule has 1 heterocycles. The van der Waals surface area contributed by atoms with E-state index in [0.29, 0.717) is 24.5 Å². The lowest BCUT2D eigenvalue weighted by Crippen LogP contribution is -2.56. The summed E-state index contributed by atoms with van der Waals surface area (Å²) in [5.74, 6) is 0.122. The number of carbonyl (C=O) groups is 1. The SMILES string of the molecule is CN1CCN(c2ccc(Cl)cc2)C(=O)C1CCN. The number of nitrogens with zero attached hydrogens (tertiary/aromatic N) is 2. The lowest BCUT2D eigenvalue weighted by molar-refractivity contribution is -0.125. The molecule has 1 aromatic carbocycles. The van der Waals surface area contributed by atoms with Gasteiger partial charge in [0.1, 0.15) is 0 Å². The molecule has 5 heteroatoms. The van der Waals surface area contributed by atoms with Gasteiger partial charge in [0.05, 0.1) is 6.04 Å². The summed E-state index contributed by atoms with van der Waals surface area (Å²) in [4.78, 5) is 16.3. The zero-order chi connectivity index (χ0) is 13.1. The molecule has 0 saturated carbocycles. The first-order valence-corrected chi connectivity index (χ1v) is 6.48. The maximum atomic E-state index is 12.4. The third-order valence-electron chi connectivity index (χ3n) is 3.34. The number of anilines is 1. The Morgan fingerprint density at radius 1 is 1.33 bits per heavy atom. The highest BCUT2D eigenvalue weighted by Gasteiger charge is 2.32. The Labute approximate surface area is 112 Å². The van der Waals surface area contributed by atoms with Gasteiger partial charge < -0.3 is 10.6 Å². The highest BCUT2D eigenvalue weighted by Crippen LogP contribution is 2.22. The molecule has 0 aromatic heterocycles. The molecule has 0 bridgehead atoms. The Hall–Kier alpha value is -1.10. The largest absolute Gasteiger partial charge is 0.330 e. The van der Waals surface area contributed by atoms with Crippen LogP contribution in [0.25, 0.3) is 0 Å². The van der Waals surface area contributed by atoms with Gasteiger partial charge in [0.2, 0.25) is 5.91 Å². The van der Waals surface area contributed by atoms with Gasteiger partial charge in [-0.05, 0) is 44.3 Å². The van der Waals surface area contributed by atoms with Crippen molar-refractivity contribution in [1.29, 1.82) is 0 Å². The van der Waals surface area contributed by atoms with E-state index in [1.807, 2.05) is 24.1 Å². The first kappa shape index (κ1) is 13.3. The monoisotopic (exact) mass is 267 g/mol. The number of nitrogens with two attached hydrogens (primary N) is 1. The average molecular weight is 268 g/mol. The van der Waals surface area contributed by atoms with E-state index in [1.54, 1.807) is 12.1 Å². The maximum absolute atomic E-state index is 12.4. The van der Waals surface area contributed by atoms with Gasteiger partial charge in [-0.15, -0.1) is 0 Å². The van der Waals surface area contributed by atoms with Crippen molar-refractivity contribution in [3.8, 4) is 0 Å². The number of hydrogen-bond donors (Lipinski definition) is 1. The zero-order valence-corrected chi connectivity index (χ0v) is 11.2. The molecule has 1 aromatic rings. The number of halogens is 1. The van der Waals surface area contributed by atoms with E-state index < -0.39 is 0 Å². The van der Waals surface area contributed by atoms with Crippen LogP contribution in [0.15, 0.2) is 24.3 Å². The first-order valence-electron chi connectivity index (χ1n) is 6.10. The van der Waals surface area contributed by atoms with E-state index in [0.717, 1.165) is 12.2 Å². The van der Waals surface area contributed by atoms with E-state index in [-0.39, 0.29) is 11.9 Å². The Kier molecular flexibility index (Phi) is 4.22. The van der Waals surface area contributed by atoms with Crippen molar-refractivity contribution in [2.24, 2.45) is 5.73 Å². The number of carbonyl (C=O) groups excluding carboxylic acids is 1. The second kappa shape index (κ2) is 5.69. The van der Waals surface area contributed by atoms with E-state index in [1.165, 1.54) is 0 Å². The fraction of sp³-hybridized carbons (Fsp3) is 0.462. The van der Waals surface area contributed by atoms with E-state index in [4.69, 9.17) is 17.3 Å². The van der Waals surface area contributed by atoms with Crippen molar-refractivity contribution >= 4 is 23.2 Å². The summed E-state index contributed by atoms with van der Waals surface area (Å²) in [6.45, 7) is 2.09. The molecule has 1 aliphatic heterocycles. The van der Waals surface area contributed by atoms with Crippen molar-refractivity contribution in [1.82, 2.24) is 4.90 Å². The smallest absolute Gasteiger partial charge is 0.244 e. The van der Waals surface area contributed by atoms with Crippen LogP contribution in [-0.2, 0) is 4.79 Å². The third-order valence-corrected chi connectivity index (χ3v) is 3.59. The summed E-state index contributed by atoms with van der Waals surface area (Å²) in [5, 5.41) is 0.679. The topological polar surface area (TPSA) is 49.6 Å². The predicted molar refractivity (Wildman–Crippen MR) is 73.9 cm³/mol. The summed E-state index contributed by atoms with van der Waals surface area (Å²) < 4.78 is 0. The molecular weight excluding hydrogens is 250 g/mol. The highest BCUT2D eigenvalue weighted by atomic mass is 35.5. The number of piperazine rings is 1. The average Bonchev–Trinajstić information content (AvgIpc) is 2.36. The molecule has 2 N–H and O–H groups in total. The number of benzene rings is 1. The quantitative estimate of drug-likeness (QED) is 0.899. The molecule has 1 unspecified atom stereocenters. The minimum absolute atomic E-state index is 0.112. The van der Waals surface area contributed by atoms with Gasteiger partial charge >= 0.3 is 0 Å². The third kappa shape index (κ3) is 2.66. The summed E-state index contributed by atoms with van der Waals surface area (Å²) in [5.41, 5.74) is 6.48. The second-order valence-corrected chi connectivity index (χ2v) is 4.98. The molecule has 2 rings (SSSR count). The molecule has 1 aliphatic rings. The molecule has 0 aliphatic carbocycles. The van der Waals surface area contributed by atoms with E-state index in [2.05, 4.69) is 4.90 Å². The van der Waals surface area contributed by atoms with Crippen LogP contribution in [-0.4, -0.2) is 43.5 Å². The van der Waals surface area contributed by atoms with E-state index in [9.17, 15) is 4.79 Å². The first-order chi connectivity index (χ1) is 8.63. The van der Waals surface area contributed by atoms with Gasteiger partial charge in [-0.25, -0.2) is 0 Å². The summed E-state index contributed by atoms with van der Waals surface area (Å²) >= 11 is 5.86. The van der Waals surface area contributed by atoms with Gasteiger partial charge in [-0.3, -0.25) is 9.69 Å². The maximum Gasteiger partial charge on any atom is 0.244 e. The minimum Gasteiger partial charge on any atom is -0.330 e. The molecule has 4 nitrogen and oxygen atoms in total. The van der Waals surface area contributed by atoms with Crippen LogP contribution in [0.3, 0.4) is 0 Å². The fourth-order valence-corrected chi connectivity index (χ4v) is 2.40. The molecule has 1 amide bonds. The molecule has 18 heavy (non-hydrogen) atoms. The number of rotatable bonds is 3. The minimum atomic E-state index is -0.112. The Balaban J connectivity index is 2.18. The number of hydrogen-bond acceptors (Lipinski definition) is 3. The van der Waals surface area contributed by atoms with Crippen molar-refractivity contribution in [2.75, 3.05) is 31.6 Å². The van der Waals surface area contributed by atoms with Gasteiger partial charge in [-0.1, -0.05) is 11.6 Å². The molecule has 1 atom stereocenters. The van der Waals surface area contributed by atoms with Crippen molar-refractivity contribution < 1.29 is 4.79 Å².